The Kier molecular flexibility index (Phi) is 5.34. The Morgan fingerprint density at radius 2 is 2.03 bits per heavy atom. The Balaban J connectivity index is 1.41. The standard InChI is InChI=1S/C27H26N4OS2/c1-15-6-4-7-18(12-15)24-23(30-26(34-24)17-10-11-17)27(32)31-14-16(2)13-20(31)25-28-19-8-5-9-21(33-3)22(19)29-25/h4-9,12,17,20H,2,10-11,13-14H2,1,3H3,(H,28,29). The highest BCUT2D eigenvalue weighted by Gasteiger charge is 2.38. The zero-order chi connectivity index (χ0) is 23.4. The first kappa shape index (κ1) is 21.6. The molecular weight excluding hydrogens is 460 g/mol. The molecule has 1 saturated heterocycles. The third kappa shape index (κ3) is 3.77. The Morgan fingerprint density at radius 3 is 2.79 bits per heavy atom. The number of para-hydroxylation sites is 1. The lowest BCUT2D eigenvalue weighted by Crippen LogP contribution is -2.31. The molecule has 1 N–H and O–H groups in total. The molecule has 0 bridgehead atoms. The summed E-state index contributed by atoms with van der Waals surface area (Å²) in [5, 5.41) is 1.09. The normalized spacial score (nSPS) is 18.2. The number of hydrogen-bond acceptors (Lipinski definition) is 5. The summed E-state index contributed by atoms with van der Waals surface area (Å²) in [5.41, 5.74) is 5.81. The third-order valence-corrected chi connectivity index (χ3v) is 8.65. The minimum Gasteiger partial charge on any atom is -0.339 e. The number of aromatic amines is 1. The fourth-order valence-electron chi connectivity index (χ4n) is 4.71. The van der Waals surface area contributed by atoms with Gasteiger partial charge in [-0.2, -0.15) is 0 Å². The number of H-pyrrole nitrogens is 1. The van der Waals surface area contributed by atoms with Gasteiger partial charge in [0.25, 0.3) is 5.91 Å². The van der Waals surface area contributed by atoms with Crippen LogP contribution in [0.5, 0.6) is 0 Å². The Morgan fingerprint density at radius 1 is 1.21 bits per heavy atom. The first-order valence-corrected chi connectivity index (χ1v) is 13.6. The van der Waals surface area contributed by atoms with Crippen molar-refractivity contribution < 1.29 is 4.79 Å². The van der Waals surface area contributed by atoms with Gasteiger partial charge in [-0.25, -0.2) is 9.97 Å². The maximum Gasteiger partial charge on any atom is 0.274 e. The molecule has 1 unspecified atom stereocenters. The lowest BCUT2D eigenvalue weighted by molar-refractivity contribution is 0.0728. The SMILES string of the molecule is C=C1CC(c2nc3cccc(SC)c3[nH]2)N(C(=O)c2nc(C3CC3)sc2-c2cccc(C)c2)C1. The first-order chi connectivity index (χ1) is 16.5. The molecule has 0 radical (unpaired) electrons. The summed E-state index contributed by atoms with van der Waals surface area (Å²) in [6.07, 6.45) is 5.09. The van der Waals surface area contributed by atoms with E-state index < -0.39 is 0 Å². The third-order valence-electron chi connectivity index (χ3n) is 6.60. The number of aryl methyl sites for hydroxylation is 1. The maximum absolute atomic E-state index is 14.0. The predicted octanol–water partition coefficient (Wildman–Crippen LogP) is 6.74. The van der Waals surface area contributed by atoms with E-state index in [1.807, 2.05) is 23.1 Å². The van der Waals surface area contributed by atoms with Gasteiger partial charge in [-0.15, -0.1) is 23.1 Å². The fourth-order valence-corrected chi connectivity index (χ4v) is 6.51. The van der Waals surface area contributed by atoms with Gasteiger partial charge in [-0.3, -0.25) is 4.79 Å². The van der Waals surface area contributed by atoms with Crippen LogP contribution in [0.4, 0.5) is 0 Å². The second-order valence-corrected chi connectivity index (χ2v) is 11.1. The van der Waals surface area contributed by atoms with E-state index >= 15 is 0 Å². The van der Waals surface area contributed by atoms with Gasteiger partial charge in [0, 0.05) is 17.4 Å². The van der Waals surface area contributed by atoms with Crippen LogP contribution < -0.4 is 0 Å². The number of carbonyl (C=O) groups excluding carboxylic acids is 1. The largest absolute Gasteiger partial charge is 0.339 e. The minimum atomic E-state index is -0.168. The van der Waals surface area contributed by atoms with Crippen LogP contribution in [0, 0.1) is 6.92 Å². The monoisotopic (exact) mass is 486 g/mol. The Hall–Kier alpha value is -2.90. The van der Waals surface area contributed by atoms with E-state index in [9.17, 15) is 4.79 Å². The highest BCUT2D eigenvalue weighted by Crippen LogP contribution is 2.46. The summed E-state index contributed by atoms with van der Waals surface area (Å²) in [4.78, 5) is 31.4. The highest BCUT2D eigenvalue weighted by atomic mass is 32.2. The van der Waals surface area contributed by atoms with Gasteiger partial charge < -0.3 is 9.88 Å². The molecular formula is C27H26N4OS2. The molecule has 34 heavy (non-hydrogen) atoms. The van der Waals surface area contributed by atoms with Gasteiger partial charge in [0.2, 0.25) is 0 Å². The number of nitrogens with one attached hydrogen (secondary N) is 1. The fraction of sp³-hybridized carbons (Fsp3) is 0.296. The highest BCUT2D eigenvalue weighted by molar-refractivity contribution is 7.98. The average molecular weight is 487 g/mol. The molecule has 172 valence electrons. The second-order valence-electron chi connectivity index (χ2n) is 9.25. The lowest BCUT2D eigenvalue weighted by atomic mass is 10.1. The second kappa shape index (κ2) is 8.40. The van der Waals surface area contributed by atoms with E-state index in [0.717, 1.165) is 55.6 Å². The van der Waals surface area contributed by atoms with E-state index in [0.29, 0.717) is 24.6 Å². The predicted molar refractivity (Wildman–Crippen MR) is 140 cm³/mol. The lowest BCUT2D eigenvalue weighted by Gasteiger charge is -2.22. The van der Waals surface area contributed by atoms with Crippen molar-refractivity contribution in [3.8, 4) is 10.4 Å². The summed E-state index contributed by atoms with van der Waals surface area (Å²) in [6.45, 7) is 6.83. The summed E-state index contributed by atoms with van der Waals surface area (Å²) >= 11 is 3.37. The van der Waals surface area contributed by atoms with Crippen molar-refractivity contribution in [3.63, 3.8) is 0 Å². The number of amides is 1. The number of nitrogens with zero attached hydrogens (tertiary/aromatic N) is 3. The number of thiazole rings is 1. The molecule has 3 heterocycles. The van der Waals surface area contributed by atoms with Crippen LogP contribution in [0.15, 0.2) is 59.5 Å². The van der Waals surface area contributed by atoms with Crippen LogP contribution in [0.2, 0.25) is 0 Å². The number of imidazole rings is 1. The van der Waals surface area contributed by atoms with Crippen molar-refractivity contribution in [2.24, 2.45) is 0 Å². The molecule has 0 spiro atoms. The van der Waals surface area contributed by atoms with Crippen molar-refractivity contribution in [2.45, 2.75) is 43.0 Å². The number of benzene rings is 2. The smallest absolute Gasteiger partial charge is 0.274 e. The molecule has 2 aromatic carbocycles. The number of fused-ring (bicyclic) bond motifs is 1. The van der Waals surface area contributed by atoms with Crippen LogP contribution in [-0.4, -0.2) is 38.6 Å². The number of likely N-dealkylation sites (tertiary alicyclic amines) is 1. The maximum atomic E-state index is 14.0. The zero-order valence-corrected chi connectivity index (χ0v) is 20.9. The molecule has 1 aliphatic heterocycles. The van der Waals surface area contributed by atoms with Gasteiger partial charge in [0.05, 0.1) is 27.0 Å². The molecule has 7 heteroatoms. The number of thioether (sulfide) groups is 1. The van der Waals surface area contributed by atoms with E-state index in [1.54, 1.807) is 23.1 Å². The van der Waals surface area contributed by atoms with Crippen LogP contribution in [-0.2, 0) is 0 Å². The van der Waals surface area contributed by atoms with Crippen LogP contribution >= 0.6 is 23.1 Å². The quantitative estimate of drug-likeness (QED) is 0.251. The Labute approximate surface area is 207 Å². The molecule has 1 saturated carbocycles. The number of hydrogen-bond donors (Lipinski definition) is 1. The molecule has 1 amide bonds. The van der Waals surface area contributed by atoms with E-state index in [1.165, 1.54) is 5.56 Å². The van der Waals surface area contributed by atoms with E-state index in [4.69, 9.17) is 9.97 Å². The van der Waals surface area contributed by atoms with Gasteiger partial charge >= 0.3 is 0 Å². The van der Waals surface area contributed by atoms with Crippen LogP contribution in [0.3, 0.4) is 0 Å². The zero-order valence-electron chi connectivity index (χ0n) is 19.3. The van der Waals surface area contributed by atoms with Crippen LogP contribution in [0.1, 0.15) is 58.1 Å². The van der Waals surface area contributed by atoms with Crippen molar-refractivity contribution >= 4 is 40.0 Å². The van der Waals surface area contributed by atoms with Gasteiger partial charge in [-0.05, 0) is 50.1 Å². The van der Waals surface area contributed by atoms with Crippen molar-refractivity contribution in [3.05, 3.63) is 76.7 Å². The molecule has 2 aromatic heterocycles. The van der Waals surface area contributed by atoms with Gasteiger partial charge in [0.15, 0.2) is 0 Å². The van der Waals surface area contributed by atoms with Gasteiger partial charge in [-0.1, -0.05) is 48.0 Å². The van der Waals surface area contributed by atoms with Crippen molar-refractivity contribution in [1.82, 2.24) is 19.9 Å². The Bertz CT molecular complexity index is 1430. The van der Waals surface area contributed by atoms with E-state index in [2.05, 4.69) is 49.0 Å². The summed E-state index contributed by atoms with van der Waals surface area (Å²) < 4.78 is 0. The topological polar surface area (TPSA) is 61.9 Å². The average Bonchev–Trinajstić information content (AvgIpc) is 3.27. The molecule has 1 atom stereocenters. The van der Waals surface area contributed by atoms with E-state index in [-0.39, 0.29) is 11.9 Å². The molecule has 4 aromatic rings. The number of aromatic nitrogens is 3. The van der Waals surface area contributed by atoms with Crippen LogP contribution in [0.25, 0.3) is 21.5 Å². The summed E-state index contributed by atoms with van der Waals surface area (Å²) in [5.74, 6) is 1.28. The molecule has 2 fully saturated rings. The van der Waals surface area contributed by atoms with Crippen molar-refractivity contribution in [1.29, 1.82) is 0 Å². The molecule has 1 aliphatic carbocycles. The molecule has 6 rings (SSSR count). The molecule has 2 aliphatic rings. The van der Waals surface area contributed by atoms with Crippen molar-refractivity contribution in [2.75, 3.05) is 12.8 Å². The first-order valence-electron chi connectivity index (χ1n) is 11.6. The number of carbonyl (C=O) groups is 1. The number of rotatable bonds is 5. The molecule has 5 nitrogen and oxygen atoms in total. The van der Waals surface area contributed by atoms with Gasteiger partial charge in [0.1, 0.15) is 11.5 Å². The minimum absolute atomic E-state index is 0.0335. The summed E-state index contributed by atoms with van der Waals surface area (Å²) in [6, 6.07) is 14.3. The summed E-state index contributed by atoms with van der Waals surface area (Å²) in [7, 11) is 0.